The van der Waals surface area contributed by atoms with Crippen LogP contribution in [0.4, 0.5) is 17.1 Å². The standard InChI is InChI=1S/C42H31NO4/c1-3-26(2)29-16-22-32(23-17-29)43(30-18-12-27(13-19-30)24-37-39(44)33-8-4-5-9-34(33)40(37)45)31-20-14-28(15-21-31)25-38-41(46)35-10-6-7-11-36(35)42(38)47/h4-26H,3H2,1-2H3. The number of carbonyl (C=O) groups is 4. The van der Waals surface area contributed by atoms with Crippen LogP contribution in [0.1, 0.15) is 84.3 Å². The summed E-state index contributed by atoms with van der Waals surface area (Å²) >= 11 is 0. The first-order valence-electron chi connectivity index (χ1n) is 15.7. The summed E-state index contributed by atoms with van der Waals surface area (Å²) in [6, 6.07) is 37.8. The first kappa shape index (κ1) is 29.8. The van der Waals surface area contributed by atoms with Crippen molar-refractivity contribution in [2.75, 3.05) is 4.90 Å². The summed E-state index contributed by atoms with van der Waals surface area (Å²) in [7, 11) is 0. The van der Waals surface area contributed by atoms with Gasteiger partial charge in [0.2, 0.25) is 0 Å². The molecule has 0 heterocycles. The van der Waals surface area contributed by atoms with Gasteiger partial charge in [-0.15, -0.1) is 0 Å². The highest BCUT2D eigenvalue weighted by atomic mass is 16.2. The van der Waals surface area contributed by atoms with Gasteiger partial charge in [-0.05, 0) is 77.6 Å². The number of ketones is 4. The maximum Gasteiger partial charge on any atom is 0.197 e. The molecule has 0 N–H and O–H groups in total. The van der Waals surface area contributed by atoms with Crippen LogP contribution < -0.4 is 4.90 Å². The van der Waals surface area contributed by atoms with Crippen molar-refractivity contribution in [1.29, 1.82) is 0 Å². The minimum Gasteiger partial charge on any atom is -0.311 e. The van der Waals surface area contributed by atoms with Crippen molar-refractivity contribution in [3.63, 3.8) is 0 Å². The molecule has 5 aromatic rings. The van der Waals surface area contributed by atoms with Crippen molar-refractivity contribution < 1.29 is 19.2 Å². The van der Waals surface area contributed by atoms with E-state index in [4.69, 9.17) is 0 Å². The molecule has 0 radical (unpaired) electrons. The molecule has 2 aliphatic carbocycles. The minimum absolute atomic E-state index is 0.170. The van der Waals surface area contributed by atoms with Crippen LogP contribution in [0.25, 0.3) is 12.2 Å². The van der Waals surface area contributed by atoms with Crippen LogP contribution >= 0.6 is 0 Å². The average molecular weight is 614 g/mol. The largest absolute Gasteiger partial charge is 0.311 e. The molecule has 0 saturated heterocycles. The van der Waals surface area contributed by atoms with Gasteiger partial charge in [0, 0.05) is 39.3 Å². The average Bonchev–Trinajstić information content (AvgIpc) is 3.50. The van der Waals surface area contributed by atoms with Crippen molar-refractivity contribution in [2.24, 2.45) is 0 Å². The van der Waals surface area contributed by atoms with E-state index >= 15 is 0 Å². The third kappa shape index (κ3) is 5.36. The van der Waals surface area contributed by atoms with Crippen LogP contribution in [-0.2, 0) is 0 Å². The molecule has 1 atom stereocenters. The van der Waals surface area contributed by atoms with Crippen molar-refractivity contribution in [1.82, 2.24) is 0 Å². The van der Waals surface area contributed by atoms with Crippen LogP contribution in [0.5, 0.6) is 0 Å². The first-order valence-corrected chi connectivity index (χ1v) is 15.7. The van der Waals surface area contributed by atoms with Gasteiger partial charge in [0.1, 0.15) is 0 Å². The number of Topliss-reactive ketones (excluding diaryl/α,β-unsaturated/α-hetero) is 4. The van der Waals surface area contributed by atoms with E-state index in [1.807, 2.05) is 48.5 Å². The number of hydrogen-bond donors (Lipinski definition) is 0. The Morgan fingerprint density at radius 1 is 0.489 bits per heavy atom. The molecule has 1 unspecified atom stereocenters. The van der Waals surface area contributed by atoms with Crippen molar-refractivity contribution in [2.45, 2.75) is 26.2 Å². The Morgan fingerprint density at radius 2 is 0.809 bits per heavy atom. The molecule has 47 heavy (non-hydrogen) atoms. The van der Waals surface area contributed by atoms with E-state index in [0.29, 0.717) is 28.2 Å². The fourth-order valence-electron chi connectivity index (χ4n) is 6.21. The predicted molar refractivity (Wildman–Crippen MR) is 186 cm³/mol. The normalized spacial score (nSPS) is 14.3. The second kappa shape index (κ2) is 12.1. The second-order valence-electron chi connectivity index (χ2n) is 11.9. The van der Waals surface area contributed by atoms with E-state index in [1.165, 1.54) is 5.56 Å². The fraction of sp³-hybridized carbons (Fsp3) is 0.0952. The molecule has 5 aromatic carbocycles. The van der Waals surface area contributed by atoms with Crippen LogP contribution in [0.2, 0.25) is 0 Å². The molecule has 0 saturated carbocycles. The lowest BCUT2D eigenvalue weighted by Crippen LogP contribution is -2.10. The van der Waals surface area contributed by atoms with Crippen molar-refractivity contribution >= 4 is 52.3 Å². The van der Waals surface area contributed by atoms with E-state index in [2.05, 4.69) is 43.0 Å². The Balaban J connectivity index is 1.22. The summed E-state index contributed by atoms with van der Waals surface area (Å²) in [5.74, 6) is -0.568. The molecule has 0 spiro atoms. The smallest absolute Gasteiger partial charge is 0.197 e. The Labute approximate surface area is 273 Å². The number of hydrogen-bond acceptors (Lipinski definition) is 5. The molecule has 228 valence electrons. The lowest BCUT2D eigenvalue weighted by molar-refractivity contribution is 0.0975. The van der Waals surface area contributed by atoms with Gasteiger partial charge in [0.25, 0.3) is 0 Å². The summed E-state index contributed by atoms with van der Waals surface area (Å²) in [5, 5.41) is 0. The topological polar surface area (TPSA) is 71.5 Å². The zero-order chi connectivity index (χ0) is 32.7. The summed E-state index contributed by atoms with van der Waals surface area (Å²) in [5.41, 5.74) is 7.61. The van der Waals surface area contributed by atoms with E-state index in [-0.39, 0.29) is 34.3 Å². The number of nitrogens with zero attached hydrogens (tertiary/aromatic N) is 1. The molecular weight excluding hydrogens is 582 g/mol. The van der Waals surface area contributed by atoms with E-state index < -0.39 is 0 Å². The highest BCUT2D eigenvalue weighted by Crippen LogP contribution is 2.37. The summed E-state index contributed by atoms with van der Waals surface area (Å²) in [6.45, 7) is 4.39. The molecule has 0 amide bonds. The molecule has 0 bridgehead atoms. The predicted octanol–water partition coefficient (Wildman–Crippen LogP) is 9.60. The van der Waals surface area contributed by atoms with Gasteiger partial charge in [0.15, 0.2) is 23.1 Å². The first-order chi connectivity index (χ1) is 22.8. The number of allylic oxidation sites excluding steroid dienone is 2. The van der Waals surface area contributed by atoms with Crippen LogP contribution in [0.3, 0.4) is 0 Å². The Bertz CT molecular complexity index is 1930. The highest BCUT2D eigenvalue weighted by Gasteiger charge is 2.33. The van der Waals surface area contributed by atoms with Gasteiger partial charge in [-0.3, -0.25) is 19.2 Å². The van der Waals surface area contributed by atoms with Gasteiger partial charge >= 0.3 is 0 Å². The molecule has 0 fully saturated rings. The van der Waals surface area contributed by atoms with Crippen molar-refractivity contribution in [3.8, 4) is 0 Å². The summed E-state index contributed by atoms with van der Waals surface area (Å²) in [4.78, 5) is 53.9. The van der Waals surface area contributed by atoms with E-state index in [0.717, 1.165) is 34.6 Å². The van der Waals surface area contributed by atoms with Crippen LogP contribution in [0.15, 0.2) is 132 Å². The Kier molecular flexibility index (Phi) is 7.66. The summed E-state index contributed by atoms with van der Waals surface area (Å²) < 4.78 is 0. The van der Waals surface area contributed by atoms with Crippen molar-refractivity contribution in [3.05, 3.63) is 171 Å². The lowest BCUT2D eigenvalue weighted by atomic mass is 9.98. The quantitative estimate of drug-likeness (QED) is 0.135. The van der Waals surface area contributed by atoms with E-state index in [1.54, 1.807) is 60.7 Å². The van der Waals surface area contributed by atoms with Gasteiger partial charge in [-0.1, -0.05) is 98.8 Å². The fourth-order valence-corrected chi connectivity index (χ4v) is 6.21. The zero-order valence-electron chi connectivity index (χ0n) is 26.1. The number of benzene rings is 5. The number of fused-ring (bicyclic) bond motifs is 2. The Morgan fingerprint density at radius 3 is 1.13 bits per heavy atom. The molecular formula is C42H31NO4. The zero-order valence-corrected chi connectivity index (χ0v) is 26.1. The maximum absolute atomic E-state index is 12.9. The number of carbonyl (C=O) groups excluding carboxylic acids is 4. The maximum atomic E-state index is 12.9. The molecule has 5 heteroatoms. The van der Waals surface area contributed by atoms with Crippen LogP contribution in [0, 0.1) is 0 Å². The molecule has 0 aliphatic heterocycles. The molecule has 2 aliphatic rings. The second-order valence-corrected chi connectivity index (χ2v) is 11.9. The number of anilines is 3. The van der Waals surface area contributed by atoms with Gasteiger partial charge in [-0.25, -0.2) is 0 Å². The van der Waals surface area contributed by atoms with Gasteiger partial charge in [0.05, 0.1) is 11.1 Å². The Hall–Kier alpha value is -5.94. The lowest BCUT2D eigenvalue weighted by Gasteiger charge is -2.26. The minimum atomic E-state index is -0.252. The van der Waals surface area contributed by atoms with Gasteiger partial charge in [-0.2, -0.15) is 0 Å². The van der Waals surface area contributed by atoms with E-state index in [9.17, 15) is 19.2 Å². The monoisotopic (exact) mass is 613 g/mol. The third-order valence-corrected chi connectivity index (χ3v) is 9.07. The SMILES string of the molecule is CCC(C)c1ccc(N(c2ccc(C=C3C(=O)c4ccccc4C3=O)cc2)c2ccc(C=C3C(=O)c4ccccc4C3=O)cc2)cc1. The molecule has 7 rings (SSSR count). The number of rotatable bonds is 7. The summed E-state index contributed by atoms with van der Waals surface area (Å²) in [6.07, 6.45) is 4.36. The molecule has 0 aromatic heterocycles. The van der Waals surface area contributed by atoms with Gasteiger partial charge < -0.3 is 4.90 Å². The molecule has 5 nitrogen and oxygen atoms in total. The third-order valence-electron chi connectivity index (χ3n) is 9.07. The van der Waals surface area contributed by atoms with Crippen LogP contribution in [-0.4, -0.2) is 23.1 Å². The highest BCUT2D eigenvalue weighted by molar-refractivity contribution is 6.42.